The van der Waals surface area contributed by atoms with Crippen LogP contribution in [0.15, 0.2) is 42.9 Å². The summed E-state index contributed by atoms with van der Waals surface area (Å²) in [5.74, 6) is 1.04. The molecule has 24 heavy (non-hydrogen) atoms. The van der Waals surface area contributed by atoms with Crippen LogP contribution in [0, 0.1) is 0 Å². The molecule has 3 aromatic rings. The van der Waals surface area contributed by atoms with E-state index in [4.69, 9.17) is 4.74 Å². The number of methoxy groups -OCH3 is 1. The van der Waals surface area contributed by atoms with Gasteiger partial charge in [0.2, 0.25) is 0 Å². The zero-order valence-corrected chi connectivity index (χ0v) is 13.3. The summed E-state index contributed by atoms with van der Waals surface area (Å²) in [7, 11) is 3.23. The van der Waals surface area contributed by atoms with Crippen LogP contribution in [0.1, 0.15) is 16.2 Å². The van der Waals surface area contributed by atoms with E-state index < -0.39 is 0 Å². The Balaban J connectivity index is 1.74. The lowest BCUT2D eigenvalue weighted by Gasteiger charge is -2.08. The zero-order valence-electron chi connectivity index (χ0n) is 13.3. The molecule has 0 atom stereocenters. The van der Waals surface area contributed by atoms with Gasteiger partial charge in [-0.2, -0.15) is 0 Å². The standard InChI is InChI=1S/C16H16N6O2/c1-22-14(20-21-15(22)13-6-7-17-10-19-13)9-18-12-5-3-4-11(8-12)16(23)24-2/h3-8,10,18H,9H2,1-2H3. The van der Waals surface area contributed by atoms with E-state index in [0.717, 1.165) is 11.5 Å². The van der Waals surface area contributed by atoms with Gasteiger partial charge in [-0.05, 0) is 24.3 Å². The first-order chi connectivity index (χ1) is 11.7. The Morgan fingerprint density at radius 1 is 1.29 bits per heavy atom. The van der Waals surface area contributed by atoms with Crippen molar-refractivity contribution in [3.05, 3.63) is 54.2 Å². The quantitative estimate of drug-likeness (QED) is 0.713. The summed E-state index contributed by atoms with van der Waals surface area (Å²) in [6.07, 6.45) is 3.13. The highest BCUT2D eigenvalue weighted by molar-refractivity contribution is 5.90. The highest BCUT2D eigenvalue weighted by Crippen LogP contribution is 2.15. The predicted molar refractivity (Wildman–Crippen MR) is 87.1 cm³/mol. The van der Waals surface area contributed by atoms with Gasteiger partial charge < -0.3 is 14.6 Å². The molecule has 2 heterocycles. The van der Waals surface area contributed by atoms with Crippen molar-refractivity contribution in [1.29, 1.82) is 0 Å². The second-order valence-electron chi connectivity index (χ2n) is 5.02. The maximum absolute atomic E-state index is 11.6. The summed E-state index contributed by atoms with van der Waals surface area (Å²) in [6.45, 7) is 0.458. The summed E-state index contributed by atoms with van der Waals surface area (Å²) in [5, 5.41) is 11.6. The first-order valence-corrected chi connectivity index (χ1v) is 7.26. The van der Waals surface area contributed by atoms with Crippen LogP contribution in [-0.2, 0) is 18.3 Å². The first-order valence-electron chi connectivity index (χ1n) is 7.26. The highest BCUT2D eigenvalue weighted by atomic mass is 16.5. The third-order valence-electron chi connectivity index (χ3n) is 3.51. The minimum Gasteiger partial charge on any atom is -0.465 e. The van der Waals surface area contributed by atoms with Gasteiger partial charge in [-0.1, -0.05) is 6.07 Å². The van der Waals surface area contributed by atoms with Crippen molar-refractivity contribution in [2.75, 3.05) is 12.4 Å². The average Bonchev–Trinajstić information content (AvgIpc) is 3.01. The van der Waals surface area contributed by atoms with Gasteiger partial charge in [0.1, 0.15) is 12.0 Å². The van der Waals surface area contributed by atoms with Crippen LogP contribution in [0.25, 0.3) is 11.5 Å². The van der Waals surface area contributed by atoms with E-state index in [-0.39, 0.29) is 5.97 Å². The van der Waals surface area contributed by atoms with Crippen molar-refractivity contribution in [3.63, 3.8) is 0 Å². The van der Waals surface area contributed by atoms with Gasteiger partial charge in [0.15, 0.2) is 11.6 Å². The SMILES string of the molecule is COC(=O)c1cccc(NCc2nnc(-c3ccncn3)n2C)c1. The normalized spacial score (nSPS) is 10.4. The molecule has 122 valence electrons. The molecule has 3 rings (SSSR count). The minimum atomic E-state index is -0.372. The molecular formula is C16H16N6O2. The molecule has 0 bridgehead atoms. The van der Waals surface area contributed by atoms with Gasteiger partial charge in [0.25, 0.3) is 0 Å². The third-order valence-corrected chi connectivity index (χ3v) is 3.51. The molecule has 0 aliphatic heterocycles. The molecule has 8 nitrogen and oxygen atoms in total. The first kappa shape index (κ1) is 15.6. The van der Waals surface area contributed by atoms with Gasteiger partial charge in [-0.25, -0.2) is 14.8 Å². The number of aromatic nitrogens is 5. The maximum atomic E-state index is 11.6. The number of hydrogen-bond acceptors (Lipinski definition) is 7. The fraction of sp³-hybridized carbons (Fsp3) is 0.188. The van der Waals surface area contributed by atoms with E-state index in [9.17, 15) is 4.79 Å². The molecule has 1 N–H and O–H groups in total. The van der Waals surface area contributed by atoms with Crippen molar-refractivity contribution < 1.29 is 9.53 Å². The van der Waals surface area contributed by atoms with Crippen molar-refractivity contribution in [2.45, 2.75) is 6.54 Å². The maximum Gasteiger partial charge on any atom is 0.337 e. The van der Waals surface area contributed by atoms with Crippen LogP contribution in [0.5, 0.6) is 0 Å². The fourth-order valence-corrected chi connectivity index (χ4v) is 2.22. The molecule has 2 aromatic heterocycles. The average molecular weight is 324 g/mol. The number of benzene rings is 1. The molecule has 0 amide bonds. The second-order valence-corrected chi connectivity index (χ2v) is 5.02. The molecule has 8 heteroatoms. The van der Waals surface area contributed by atoms with Gasteiger partial charge in [0.05, 0.1) is 19.2 Å². The van der Waals surface area contributed by atoms with Crippen molar-refractivity contribution >= 4 is 11.7 Å². The molecule has 0 radical (unpaired) electrons. The van der Waals surface area contributed by atoms with Crippen molar-refractivity contribution in [1.82, 2.24) is 24.7 Å². The third kappa shape index (κ3) is 3.22. The number of carbonyl (C=O) groups excluding carboxylic acids is 1. The Labute approximate surface area is 138 Å². The lowest BCUT2D eigenvalue weighted by atomic mass is 10.2. The van der Waals surface area contributed by atoms with E-state index >= 15 is 0 Å². The molecule has 0 aliphatic rings. The van der Waals surface area contributed by atoms with E-state index in [1.165, 1.54) is 13.4 Å². The number of nitrogens with one attached hydrogen (secondary N) is 1. The summed E-state index contributed by atoms with van der Waals surface area (Å²) < 4.78 is 6.58. The summed E-state index contributed by atoms with van der Waals surface area (Å²) >= 11 is 0. The Hall–Kier alpha value is -3.29. The Bertz CT molecular complexity index is 847. The molecule has 0 aliphatic carbocycles. The largest absolute Gasteiger partial charge is 0.465 e. The number of ether oxygens (including phenoxy) is 1. The smallest absolute Gasteiger partial charge is 0.337 e. The fourth-order valence-electron chi connectivity index (χ4n) is 2.22. The monoisotopic (exact) mass is 324 g/mol. The van der Waals surface area contributed by atoms with E-state index in [1.807, 2.05) is 17.7 Å². The number of anilines is 1. The Morgan fingerprint density at radius 2 is 2.17 bits per heavy atom. The summed E-state index contributed by atoms with van der Waals surface area (Å²) in [5.41, 5.74) is 1.99. The number of esters is 1. The molecule has 0 spiro atoms. The Morgan fingerprint density at radius 3 is 2.92 bits per heavy atom. The summed E-state index contributed by atoms with van der Waals surface area (Å²) in [4.78, 5) is 19.6. The summed E-state index contributed by atoms with van der Waals surface area (Å²) in [6, 6.07) is 8.87. The van der Waals surface area contributed by atoms with Crippen molar-refractivity contribution in [2.24, 2.45) is 7.05 Å². The Kier molecular flexibility index (Phi) is 4.46. The number of carbonyl (C=O) groups is 1. The molecule has 0 saturated heterocycles. The van der Waals surface area contributed by atoms with E-state index in [0.29, 0.717) is 23.6 Å². The predicted octanol–water partition coefficient (Wildman–Crippen LogP) is 1.67. The van der Waals surface area contributed by atoms with Crippen LogP contribution in [0.4, 0.5) is 5.69 Å². The number of hydrogen-bond donors (Lipinski definition) is 1. The minimum absolute atomic E-state index is 0.372. The zero-order chi connectivity index (χ0) is 16.9. The lowest BCUT2D eigenvalue weighted by Crippen LogP contribution is -2.08. The van der Waals surface area contributed by atoms with E-state index in [1.54, 1.807) is 30.5 Å². The molecule has 0 fully saturated rings. The van der Waals surface area contributed by atoms with Crippen LogP contribution in [0.3, 0.4) is 0 Å². The molecular weight excluding hydrogens is 308 g/mol. The van der Waals surface area contributed by atoms with Crippen molar-refractivity contribution in [3.8, 4) is 11.5 Å². The van der Waals surface area contributed by atoms with Gasteiger partial charge >= 0.3 is 5.97 Å². The highest BCUT2D eigenvalue weighted by Gasteiger charge is 2.12. The van der Waals surface area contributed by atoms with Crippen LogP contribution >= 0.6 is 0 Å². The van der Waals surface area contributed by atoms with Crippen LogP contribution in [0.2, 0.25) is 0 Å². The van der Waals surface area contributed by atoms with Crippen LogP contribution < -0.4 is 5.32 Å². The van der Waals surface area contributed by atoms with E-state index in [2.05, 4.69) is 25.5 Å². The van der Waals surface area contributed by atoms with Gasteiger partial charge in [-0.3, -0.25) is 0 Å². The molecule has 0 saturated carbocycles. The second kappa shape index (κ2) is 6.86. The molecule has 1 aromatic carbocycles. The lowest BCUT2D eigenvalue weighted by molar-refractivity contribution is 0.0601. The molecule has 0 unspecified atom stereocenters. The number of nitrogens with zero attached hydrogens (tertiary/aromatic N) is 5. The topological polar surface area (TPSA) is 94.8 Å². The van der Waals surface area contributed by atoms with Gasteiger partial charge in [0, 0.05) is 18.9 Å². The number of rotatable bonds is 5. The van der Waals surface area contributed by atoms with Gasteiger partial charge in [-0.15, -0.1) is 10.2 Å². The van der Waals surface area contributed by atoms with Crippen LogP contribution in [-0.4, -0.2) is 37.8 Å².